The topological polar surface area (TPSA) is 12.5 Å². The zero-order valence-corrected chi connectivity index (χ0v) is 6.97. The molecule has 0 aromatic heterocycles. The van der Waals surface area contributed by atoms with E-state index in [1.54, 1.807) is 0 Å². The maximum absolute atomic E-state index is 5.28. The van der Waals surface area contributed by atoms with E-state index in [9.17, 15) is 0 Å². The van der Waals surface area contributed by atoms with E-state index in [1.807, 2.05) is 0 Å². The molecule has 1 aliphatic rings. The molecule has 1 saturated heterocycles. The van der Waals surface area contributed by atoms with Gasteiger partial charge in [-0.05, 0) is 26.4 Å². The van der Waals surface area contributed by atoms with Crippen molar-refractivity contribution < 1.29 is 4.74 Å². The fraction of sp³-hybridized carbons (Fsp3) is 1.00. The second-order valence-electron chi connectivity index (χ2n) is 3.00. The zero-order chi connectivity index (χ0) is 7.40. The Kier molecular flexibility index (Phi) is 3.16. The Morgan fingerprint density at radius 1 is 1.60 bits per heavy atom. The molecule has 1 rings (SSSR count). The predicted molar refractivity (Wildman–Crippen MR) is 42.1 cm³/mol. The second kappa shape index (κ2) is 3.94. The smallest absolute Gasteiger partial charge is 0.0622 e. The van der Waals surface area contributed by atoms with E-state index in [2.05, 4.69) is 18.9 Å². The maximum Gasteiger partial charge on any atom is 0.0622 e. The Balaban J connectivity index is 2.18. The van der Waals surface area contributed by atoms with Crippen molar-refractivity contribution in [3.8, 4) is 0 Å². The van der Waals surface area contributed by atoms with Crippen molar-refractivity contribution in [1.82, 2.24) is 4.90 Å². The lowest BCUT2D eigenvalue weighted by atomic mass is 10.2. The van der Waals surface area contributed by atoms with Gasteiger partial charge in [0.05, 0.1) is 6.61 Å². The van der Waals surface area contributed by atoms with E-state index < -0.39 is 0 Å². The standard InChI is InChI=1S/C8H17NO/c1-3-5-9(2)8-4-6-10-7-8/h8H,3-7H2,1-2H3/t8-/m0/s1. The third kappa shape index (κ3) is 1.96. The van der Waals surface area contributed by atoms with E-state index in [0.717, 1.165) is 13.2 Å². The summed E-state index contributed by atoms with van der Waals surface area (Å²) in [7, 11) is 2.18. The Morgan fingerprint density at radius 3 is 2.90 bits per heavy atom. The summed E-state index contributed by atoms with van der Waals surface area (Å²) in [4.78, 5) is 2.40. The van der Waals surface area contributed by atoms with Crippen molar-refractivity contribution in [3.63, 3.8) is 0 Å². The minimum absolute atomic E-state index is 0.694. The zero-order valence-electron chi connectivity index (χ0n) is 6.97. The Bertz CT molecular complexity index is 89.3. The van der Waals surface area contributed by atoms with Crippen molar-refractivity contribution in [2.75, 3.05) is 26.8 Å². The van der Waals surface area contributed by atoms with E-state index >= 15 is 0 Å². The highest BCUT2D eigenvalue weighted by atomic mass is 16.5. The van der Waals surface area contributed by atoms with Gasteiger partial charge in [0.15, 0.2) is 0 Å². The molecule has 0 bridgehead atoms. The van der Waals surface area contributed by atoms with Gasteiger partial charge >= 0.3 is 0 Å². The van der Waals surface area contributed by atoms with Crippen molar-refractivity contribution in [3.05, 3.63) is 0 Å². The first kappa shape index (κ1) is 8.02. The van der Waals surface area contributed by atoms with Crippen LogP contribution in [0.15, 0.2) is 0 Å². The Labute approximate surface area is 63.2 Å². The first-order valence-corrected chi connectivity index (χ1v) is 4.12. The molecule has 1 atom stereocenters. The third-order valence-electron chi connectivity index (χ3n) is 2.11. The SMILES string of the molecule is CCCN(C)[C@H]1CCOC1. The normalized spacial score (nSPS) is 26.1. The number of rotatable bonds is 3. The van der Waals surface area contributed by atoms with Crippen LogP contribution in [0.25, 0.3) is 0 Å². The molecular weight excluding hydrogens is 126 g/mol. The Hall–Kier alpha value is -0.0800. The molecule has 0 aromatic carbocycles. The van der Waals surface area contributed by atoms with Gasteiger partial charge in [-0.25, -0.2) is 0 Å². The molecule has 60 valence electrons. The van der Waals surface area contributed by atoms with E-state index in [-0.39, 0.29) is 0 Å². The molecule has 2 heteroatoms. The summed E-state index contributed by atoms with van der Waals surface area (Å²) in [5.41, 5.74) is 0. The fourth-order valence-corrected chi connectivity index (χ4v) is 1.40. The summed E-state index contributed by atoms with van der Waals surface area (Å²) in [5, 5.41) is 0. The van der Waals surface area contributed by atoms with Gasteiger partial charge in [-0.1, -0.05) is 6.92 Å². The largest absolute Gasteiger partial charge is 0.380 e. The fourth-order valence-electron chi connectivity index (χ4n) is 1.40. The summed E-state index contributed by atoms with van der Waals surface area (Å²) < 4.78 is 5.28. The van der Waals surface area contributed by atoms with Gasteiger partial charge < -0.3 is 9.64 Å². The molecule has 0 N–H and O–H groups in total. The lowest BCUT2D eigenvalue weighted by molar-refractivity contribution is 0.159. The van der Waals surface area contributed by atoms with Gasteiger partial charge in [-0.15, -0.1) is 0 Å². The molecular formula is C8H17NO. The van der Waals surface area contributed by atoms with Crippen molar-refractivity contribution in [2.24, 2.45) is 0 Å². The minimum atomic E-state index is 0.694. The number of ether oxygens (including phenoxy) is 1. The van der Waals surface area contributed by atoms with Crippen molar-refractivity contribution >= 4 is 0 Å². The molecule has 0 radical (unpaired) electrons. The molecule has 0 amide bonds. The van der Waals surface area contributed by atoms with Gasteiger partial charge in [-0.2, -0.15) is 0 Å². The van der Waals surface area contributed by atoms with Crippen LogP contribution in [0.4, 0.5) is 0 Å². The molecule has 10 heavy (non-hydrogen) atoms. The molecule has 2 nitrogen and oxygen atoms in total. The summed E-state index contributed by atoms with van der Waals surface area (Å²) >= 11 is 0. The highest BCUT2D eigenvalue weighted by Gasteiger charge is 2.18. The molecule has 1 fully saturated rings. The van der Waals surface area contributed by atoms with Gasteiger partial charge in [0.1, 0.15) is 0 Å². The van der Waals surface area contributed by atoms with Gasteiger partial charge in [0.2, 0.25) is 0 Å². The molecule has 0 spiro atoms. The second-order valence-corrected chi connectivity index (χ2v) is 3.00. The van der Waals surface area contributed by atoms with Crippen molar-refractivity contribution in [2.45, 2.75) is 25.8 Å². The lowest BCUT2D eigenvalue weighted by Crippen LogP contribution is -2.32. The van der Waals surface area contributed by atoms with Crippen LogP contribution in [-0.4, -0.2) is 37.7 Å². The van der Waals surface area contributed by atoms with Crippen LogP contribution >= 0.6 is 0 Å². The van der Waals surface area contributed by atoms with E-state index in [1.165, 1.54) is 19.4 Å². The lowest BCUT2D eigenvalue weighted by Gasteiger charge is -2.21. The maximum atomic E-state index is 5.28. The highest BCUT2D eigenvalue weighted by Crippen LogP contribution is 2.10. The van der Waals surface area contributed by atoms with Crippen LogP contribution in [0, 0.1) is 0 Å². The van der Waals surface area contributed by atoms with Crippen molar-refractivity contribution in [1.29, 1.82) is 0 Å². The predicted octanol–water partition coefficient (Wildman–Crippen LogP) is 1.12. The van der Waals surface area contributed by atoms with Crippen LogP contribution in [0.5, 0.6) is 0 Å². The van der Waals surface area contributed by atoms with Crippen LogP contribution in [0.1, 0.15) is 19.8 Å². The Morgan fingerprint density at radius 2 is 2.40 bits per heavy atom. The highest BCUT2D eigenvalue weighted by molar-refractivity contribution is 4.72. The van der Waals surface area contributed by atoms with Gasteiger partial charge in [0.25, 0.3) is 0 Å². The molecule has 1 heterocycles. The average molecular weight is 143 g/mol. The average Bonchev–Trinajstić information content (AvgIpc) is 2.38. The van der Waals surface area contributed by atoms with Crippen LogP contribution in [-0.2, 0) is 4.74 Å². The molecule has 1 aliphatic heterocycles. The van der Waals surface area contributed by atoms with E-state index in [0.29, 0.717) is 6.04 Å². The van der Waals surface area contributed by atoms with Crippen LogP contribution < -0.4 is 0 Å². The summed E-state index contributed by atoms with van der Waals surface area (Å²) in [6.45, 7) is 5.32. The monoisotopic (exact) mass is 143 g/mol. The first-order chi connectivity index (χ1) is 4.84. The molecule has 0 aromatic rings. The molecule has 0 unspecified atom stereocenters. The quantitative estimate of drug-likeness (QED) is 0.587. The number of nitrogens with zero attached hydrogens (tertiary/aromatic N) is 1. The number of hydrogen-bond donors (Lipinski definition) is 0. The van der Waals surface area contributed by atoms with E-state index in [4.69, 9.17) is 4.74 Å². The summed E-state index contributed by atoms with van der Waals surface area (Å²) in [6.07, 6.45) is 2.46. The molecule has 0 saturated carbocycles. The van der Waals surface area contributed by atoms with Crippen LogP contribution in [0.3, 0.4) is 0 Å². The van der Waals surface area contributed by atoms with Gasteiger partial charge in [0, 0.05) is 12.6 Å². The first-order valence-electron chi connectivity index (χ1n) is 4.12. The van der Waals surface area contributed by atoms with Crippen LogP contribution in [0.2, 0.25) is 0 Å². The summed E-state index contributed by atoms with van der Waals surface area (Å²) in [6, 6.07) is 0.694. The third-order valence-corrected chi connectivity index (χ3v) is 2.11. The molecule has 0 aliphatic carbocycles. The summed E-state index contributed by atoms with van der Waals surface area (Å²) in [5.74, 6) is 0. The number of likely N-dealkylation sites (N-methyl/N-ethyl adjacent to an activating group) is 1. The minimum Gasteiger partial charge on any atom is -0.380 e. The van der Waals surface area contributed by atoms with Gasteiger partial charge in [-0.3, -0.25) is 0 Å². The number of hydrogen-bond acceptors (Lipinski definition) is 2.